The summed E-state index contributed by atoms with van der Waals surface area (Å²) in [6.07, 6.45) is 1.36. The number of rotatable bonds is 5. The fourth-order valence-electron chi connectivity index (χ4n) is 3.12. The third kappa shape index (κ3) is 5.65. The number of benzene rings is 4. The molecule has 2 N–H and O–H groups in total. The number of halogens is 1. The van der Waals surface area contributed by atoms with E-state index in [1.807, 2.05) is 36.4 Å². The van der Waals surface area contributed by atoms with Crippen molar-refractivity contribution in [1.29, 1.82) is 0 Å². The van der Waals surface area contributed by atoms with Gasteiger partial charge in [-0.05, 0) is 70.9 Å². The topological polar surface area (TPSA) is 96.9 Å². The number of nitrogens with zero attached hydrogens (tertiary/aromatic N) is 1. The van der Waals surface area contributed by atoms with E-state index < -0.39 is 17.8 Å². The number of ether oxygens (including phenoxy) is 1. The van der Waals surface area contributed by atoms with Gasteiger partial charge >= 0.3 is 17.8 Å². The number of fused-ring (bicyclic) bond motifs is 1. The Morgan fingerprint density at radius 2 is 1.50 bits per heavy atom. The Labute approximate surface area is 200 Å². The number of carbonyl (C=O) groups is 3. The molecule has 4 aromatic rings. The second kappa shape index (κ2) is 10.4. The summed E-state index contributed by atoms with van der Waals surface area (Å²) >= 11 is 5.79. The molecule has 0 spiro atoms. The van der Waals surface area contributed by atoms with Crippen LogP contribution in [-0.4, -0.2) is 24.0 Å². The summed E-state index contributed by atoms with van der Waals surface area (Å²) in [5.41, 5.74) is 3.69. The number of nitrogens with one attached hydrogen (secondary N) is 2. The lowest BCUT2D eigenvalue weighted by Crippen LogP contribution is -2.32. The molecule has 4 rings (SSSR count). The number of hydrogen-bond acceptors (Lipinski definition) is 5. The summed E-state index contributed by atoms with van der Waals surface area (Å²) in [6, 6.07) is 25.9. The van der Waals surface area contributed by atoms with Crippen LogP contribution in [0.3, 0.4) is 0 Å². The highest BCUT2D eigenvalue weighted by Gasteiger charge is 2.13. The lowest BCUT2D eigenvalue weighted by atomic mass is 10.0. The van der Waals surface area contributed by atoms with E-state index in [9.17, 15) is 14.4 Å². The molecule has 0 bridgehead atoms. The van der Waals surface area contributed by atoms with Gasteiger partial charge in [0.2, 0.25) is 0 Å². The first kappa shape index (κ1) is 22.7. The summed E-state index contributed by atoms with van der Waals surface area (Å²) in [5.74, 6) is -1.89. The molecular weight excluding hydrogens is 454 g/mol. The molecule has 0 aliphatic rings. The van der Waals surface area contributed by atoms with Crippen LogP contribution >= 0.6 is 11.6 Å². The van der Waals surface area contributed by atoms with Gasteiger partial charge in [-0.25, -0.2) is 10.2 Å². The Bertz CT molecular complexity index is 1380. The molecule has 0 atom stereocenters. The molecule has 0 saturated heterocycles. The van der Waals surface area contributed by atoms with E-state index in [1.165, 1.54) is 6.21 Å². The van der Waals surface area contributed by atoms with Crippen LogP contribution in [0.15, 0.2) is 96.1 Å². The van der Waals surface area contributed by atoms with E-state index >= 15 is 0 Å². The Morgan fingerprint density at radius 3 is 2.26 bits per heavy atom. The predicted octanol–water partition coefficient (Wildman–Crippen LogP) is 4.80. The number of hydrazone groups is 1. The molecular formula is C26H18ClN3O4. The first-order chi connectivity index (χ1) is 16.5. The minimum Gasteiger partial charge on any atom is -0.423 e. The molecule has 0 fully saturated rings. The van der Waals surface area contributed by atoms with E-state index in [-0.39, 0.29) is 0 Å². The molecule has 4 aromatic carbocycles. The summed E-state index contributed by atoms with van der Waals surface area (Å²) in [6.45, 7) is 0. The van der Waals surface area contributed by atoms with E-state index in [0.717, 1.165) is 10.8 Å². The highest BCUT2D eigenvalue weighted by molar-refractivity contribution is 6.39. The minimum atomic E-state index is -0.924. The second-order valence-electron chi connectivity index (χ2n) is 7.15. The van der Waals surface area contributed by atoms with Crippen molar-refractivity contribution >= 4 is 52.1 Å². The van der Waals surface area contributed by atoms with Crippen LogP contribution < -0.4 is 15.5 Å². The lowest BCUT2D eigenvalue weighted by Gasteiger charge is -2.07. The average molecular weight is 472 g/mol. The molecule has 168 valence electrons. The third-order valence-corrected chi connectivity index (χ3v) is 5.04. The normalized spacial score (nSPS) is 10.7. The van der Waals surface area contributed by atoms with Gasteiger partial charge in [0.15, 0.2) is 0 Å². The van der Waals surface area contributed by atoms with E-state index in [2.05, 4.69) is 15.8 Å². The molecule has 0 saturated carbocycles. The monoisotopic (exact) mass is 471 g/mol. The van der Waals surface area contributed by atoms with Gasteiger partial charge in [0.25, 0.3) is 0 Å². The molecule has 7 nitrogen and oxygen atoms in total. The van der Waals surface area contributed by atoms with Gasteiger partial charge in [-0.15, -0.1) is 0 Å². The van der Waals surface area contributed by atoms with Crippen molar-refractivity contribution in [3.63, 3.8) is 0 Å². The Balaban J connectivity index is 1.32. The van der Waals surface area contributed by atoms with Gasteiger partial charge in [0, 0.05) is 10.7 Å². The van der Waals surface area contributed by atoms with Crippen LogP contribution in [0, 0.1) is 0 Å². The molecule has 0 radical (unpaired) electrons. The van der Waals surface area contributed by atoms with E-state index in [1.54, 1.807) is 54.6 Å². The highest BCUT2D eigenvalue weighted by atomic mass is 35.5. The summed E-state index contributed by atoms with van der Waals surface area (Å²) < 4.78 is 5.49. The number of amides is 2. The van der Waals surface area contributed by atoms with Gasteiger partial charge in [-0.1, -0.05) is 48.0 Å². The average Bonchev–Trinajstić information content (AvgIpc) is 2.86. The summed E-state index contributed by atoms with van der Waals surface area (Å²) in [4.78, 5) is 36.4. The summed E-state index contributed by atoms with van der Waals surface area (Å²) in [5, 5.41) is 8.49. The fraction of sp³-hybridized carbons (Fsp3) is 0. The molecule has 0 unspecified atom stereocenters. The maximum Gasteiger partial charge on any atom is 0.344 e. The van der Waals surface area contributed by atoms with Gasteiger partial charge in [-0.3, -0.25) is 9.59 Å². The minimum absolute atomic E-state index is 0.362. The van der Waals surface area contributed by atoms with Crippen molar-refractivity contribution in [3.05, 3.63) is 107 Å². The van der Waals surface area contributed by atoms with Crippen molar-refractivity contribution < 1.29 is 19.1 Å². The van der Waals surface area contributed by atoms with Crippen molar-refractivity contribution in [3.8, 4) is 5.75 Å². The molecule has 0 aliphatic heterocycles. The Morgan fingerprint density at radius 1 is 0.794 bits per heavy atom. The molecule has 0 heterocycles. The summed E-state index contributed by atoms with van der Waals surface area (Å²) in [7, 11) is 0. The molecule has 8 heteroatoms. The van der Waals surface area contributed by atoms with Crippen LogP contribution in [0.2, 0.25) is 5.02 Å². The van der Waals surface area contributed by atoms with Gasteiger partial charge < -0.3 is 10.1 Å². The van der Waals surface area contributed by atoms with Crippen molar-refractivity contribution in [1.82, 2.24) is 5.43 Å². The zero-order valence-corrected chi connectivity index (χ0v) is 18.5. The number of carbonyl (C=O) groups excluding carboxylic acids is 3. The quantitative estimate of drug-likeness (QED) is 0.144. The first-order valence-electron chi connectivity index (χ1n) is 10.2. The van der Waals surface area contributed by atoms with Crippen LogP contribution in [-0.2, 0) is 9.59 Å². The van der Waals surface area contributed by atoms with Crippen LogP contribution in [0.1, 0.15) is 15.9 Å². The zero-order chi connectivity index (χ0) is 23.9. The Hall–Kier alpha value is -4.49. The SMILES string of the molecule is O=C(N/N=C/c1ccc(OC(=O)c2cccc3ccccc23)cc1)C(=O)Nc1ccc(Cl)cc1. The first-order valence-corrected chi connectivity index (χ1v) is 10.6. The molecule has 0 aromatic heterocycles. The smallest absolute Gasteiger partial charge is 0.344 e. The van der Waals surface area contributed by atoms with Crippen LogP contribution in [0.5, 0.6) is 5.75 Å². The zero-order valence-electron chi connectivity index (χ0n) is 17.7. The number of anilines is 1. The molecule has 34 heavy (non-hydrogen) atoms. The maximum absolute atomic E-state index is 12.6. The van der Waals surface area contributed by atoms with Gasteiger partial charge in [0.05, 0.1) is 11.8 Å². The third-order valence-electron chi connectivity index (χ3n) is 4.79. The van der Waals surface area contributed by atoms with E-state index in [0.29, 0.717) is 27.6 Å². The second-order valence-corrected chi connectivity index (χ2v) is 7.58. The predicted molar refractivity (Wildman–Crippen MR) is 131 cm³/mol. The van der Waals surface area contributed by atoms with Gasteiger partial charge in [-0.2, -0.15) is 5.10 Å². The standard InChI is InChI=1S/C26H18ClN3O4/c27-19-10-12-20(13-11-19)29-24(31)25(32)30-28-16-17-8-14-21(15-9-17)34-26(33)23-7-3-5-18-4-1-2-6-22(18)23/h1-16H,(H,29,31)(H,30,32)/b28-16+. The van der Waals surface area contributed by atoms with Crippen LogP contribution in [0.4, 0.5) is 5.69 Å². The fourth-order valence-corrected chi connectivity index (χ4v) is 3.25. The van der Waals surface area contributed by atoms with E-state index in [4.69, 9.17) is 16.3 Å². The highest BCUT2D eigenvalue weighted by Crippen LogP contribution is 2.21. The van der Waals surface area contributed by atoms with Gasteiger partial charge in [0.1, 0.15) is 5.75 Å². The maximum atomic E-state index is 12.6. The number of hydrogen-bond donors (Lipinski definition) is 2. The largest absolute Gasteiger partial charge is 0.423 e. The Kier molecular flexibility index (Phi) is 6.95. The number of esters is 1. The molecule has 0 aliphatic carbocycles. The van der Waals surface area contributed by atoms with Crippen molar-refractivity contribution in [2.75, 3.05) is 5.32 Å². The van der Waals surface area contributed by atoms with Crippen molar-refractivity contribution in [2.24, 2.45) is 5.10 Å². The van der Waals surface area contributed by atoms with Crippen LogP contribution in [0.25, 0.3) is 10.8 Å². The van der Waals surface area contributed by atoms with Crippen molar-refractivity contribution in [2.45, 2.75) is 0 Å². The molecule has 2 amide bonds. The lowest BCUT2D eigenvalue weighted by molar-refractivity contribution is -0.136.